The molecule has 0 rings (SSSR count). The van der Waals surface area contributed by atoms with E-state index >= 15 is 0 Å². The van der Waals surface area contributed by atoms with Crippen LogP contribution in [0.1, 0.15) is 6.92 Å². The van der Waals surface area contributed by atoms with E-state index in [2.05, 4.69) is 5.92 Å². The van der Waals surface area contributed by atoms with Gasteiger partial charge in [0.25, 0.3) is 0 Å². The number of nitriles is 2. The molecule has 3 nitrogen and oxygen atoms in total. The molecule has 0 spiro atoms. The predicted octanol–water partition coefficient (Wildman–Crippen LogP) is 0.957. The third-order valence-corrected chi connectivity index (χ3v) is 0.870. The van der Waals surface area contributed by atoms with E-state index in [1.165, 1.54) is 0 Å². The van der Waals surface area contributed by atoms with E-state index in [-0.39, 0.29) is 11.3 Å². The first-order valence-corrected chi connectivity index (χ1v) is 2.94. The van der Waals surface area contributed by atoms with E-state index in [0.717, 1.165) is 0 Å². The Hall–Kier alpha value is -1.92. The van der Waals surface area contributed by atoms with Crippen LogP contribution in [0.25, 0.3) is 0 Å². The van der Waals surface area contributed by atoms with Crippen molar-refractivity contribution in [3.05, 3.63) is 11.3 Å². The van der Waals surface area contributed by atoms with Crippen LogP contribution in [-0.2, 0) is 4.74 Å². The number of hydrogen-bond donors (Lipinski definition) is 0. The zero-order valence-electron chi connectivity index (χ0n) is 6.09. The SMILES string of the molecule is C#CC(OCC)=C(C#N)C#N. The molecule has 0 aromatic heterocycles. The third kappa shape index (κ3) is 2.43. The van der Waals surface area contributed by atoms with E-state index in [1.54, 1.807) is 19.1 Å². The highest BCUT2D eigenvalue weighted by atomic mass is 16.5. The Morgan fingerprint density at radius 3 is 2.27 bits per heavy atom. The van der Waals surface area contributed by atoms with Crippen LogP contribution in [0.4, 0.5) is 0 Å². The Kier molecular flexibility index (Phi) is 4.06. The molecule has 0 saturated carbocycles. The monoisotopic (exact) mass is 146 g/mol. The summed E-state index contributed by atoms with van der Waals surface area (Å²) >= 11 is 0. The lowest BCUT2D eigenvalue weighted by atomic mass is 10.3. The summed E-state index contributed by atoms with van der Waals surface area (Å²) < 4.78 is 4.83. The topological polar surface area (TPSA) is 56.8 Å². The van der Waals surface area contributed by atoms with Gasteiger partial charge in [0, 0.05) is 0 Å². The lowest BCUT2D eigenvalue weighted by Crippen LogP contribution is -1.92. The summed E-state index contributed by atoms with van der Waals surface area (Å²) in [6.07, 6.45) is 4.98. The van der Waals surface area contributed by atoms with Crippen LogP contribution in [-0.4, -0.2) is 6.61 Å². The number of rotatable bonds is 2. The Bertz CT molecular complexity index is 267. The molecule has 0 saturated heterocycles. The molecule has 0 fully saturated rings. The molecule has 0 amide bonds. The molecule has 0 bridgehead atoms. The molecule has 0 aromatic carbocycles. The molecular weight excluding hydrogens is 140 g/mol. The molecule has 0 aliphatic carbocycles. The van der Waals surface area contributed by atoms with E-state index in [1.807, 2.05) is 0 Å². The largest absolute Gasteiger partial charge is 0.484 e. The Balaban J connectivity index is 4.75. The van der Waals surface area contributed by atoms with E-state index < -0.39 is 0 Å². The highest BCUT2D eigenvalue weighted by molar-refractivity contribution is 5.44. The molecule has 0 aliphatic rings. The van der Waals surface area contributed by atoms with Crippen molar-refractivity contribution in [3.63, 3.8) is 0 Å². The molecule has 0 radical (unpaired) electrons. The zero-order chi connectivity index (χ0) is 8.69. The number of ether oxygens (including phenoxy) is 1. The molecule has 0 aliphatic heterocycles. The van der Waals surface area contributed by atoms with Crippen LogP contribution in [0.2, 0.25) is 0 Å². The molecule has 54 valence electrons. The molecule has 0 N–H and O–H groups in total. The van der Waals surface area contributed by atoms with Crippen molar-refractivity contribution in [3.8, 4) is 24.5 Å². The molecular formula is C8H6N2O. The first-order valence-electron chi connectivity index (χ1n) is 2.94. The van der Waals surface area contributed by atoms with Crippen molar-refractivity contribution >= 4 is 0 Å². The fourth-order valence-corrected chi connectivity index (χ4v) is 0.457. The van der Waals surface area contributed by atoms with Crippen LogP contribution in [0, 0.1) is 35.0 Å². The van der Waals surface area contributed by atoms with Gasteiger partial charge in [-0.05, 0) is 12.8 Å². The Morgan fingerprint density at radius 1 is 1.45 bits per heavy atom. The second-order valence-electron chi connectivity index (χ2n) is 1.51. The highest BCUT2D eigenvalue weighted by Crippen LogP contribution is 2.02. The lowest BCUT2D eigenvalue weighted by molar-refractivity contribution is 0.245. The van der Waals surface area contributed by atoms with Crippen molar-refractivity contribution in [2.24, 2.45) is 0 Å². The van der Waals surface area contributed by atoms with E-state index in [0.29, 0.717) is 6.61 Å². The minimum Gasteiger partial charge on any atom is -0.484 e. The van der Waals surface area contributed by atoms with Crippen LogP contribution in [0.5, 0.6) is 0 Å². The van der Waals surface area contributed by atoms with Crippen molar-refractivity contribution in [1.82, 2.24) is 0 Å². The zero-order valence-corrected chi connectivity index (χ0v) is 6.09. The fraction of sp³-hybridized carbons (Fsp3) is 0.250. The summed E-state index contributed by atoms with van der Waals surface area (Å²) in [5.41, 5.74) is -0.158. The van der Waals surface area contributed by atoms with Crippen molar-refractivity contribution in [1.29, 1.82) is 10.5 Å². The third-order valence-electron chi connectivity index (χ3n) is 0.870. The smallest absolute Gasteiger partial charge is 0.198 e. The first kappa shape index (κ1) is 9.08. The van der Waals surface area contributed by atoms with Gasteiger partial charge in [-0.25, -0.2) is 0 Å². The molecule has 0 unspecified atom stereocenters. The summed E-state index contributed by atoms with van der Waals surface area (Å²) in [4.78, 5) is 0. The van der Waals surface area contributed by atoms with Gasteiger partial charge in [-0.3, -0.25) is 0 Å². The molecule has 3 heteroatoms. The number of hydrogen-bond acceptors (Lipinski definition) is 3. The maximum absolute atomic E-state index is 8.35. The summed E-state index contributed by atoms with van der Waals surface area (Å²) in [5, 5.41) is 16.7. The highest BCUT2D eigenvalue weighted by Gasteiger charge is 2.02. The number of terminal acetylenes is 1. The van der Waals surface area contributed by atoms with E-state index in [9.17, 15) is 0 Å². The summed E-state index contributed by atoms with van der Waals surface area (Å²) in [6.45, 7) is 2.08. The van der Waals surface area contributed by atoms with Gasteiger partial charge in [-0.1, -0.05) is 0 Å². The second kappa shape index (κ2) is 4.91. The fourth-order valence-electron chi connectivity index (χ4n) is 0.457. The van der Waals surface area contributed by atoms with Gasteiger partial charge < -0.3 is 4.74 Å². The second-order valence-corrected chi connectivity index (χ2v) is 1.51. The minimum atomic E-state index is -0.158. The van der Waals surface area contributed by atoms with Gasteiger partial charge in [-0.2, -0.15) is 10.5 Å². The van der Waals surface area contributed by atoms with E-state index in [4.69, 9.17) is 21.7 Å². The van der Waals surface area contributed by atoms with Gasteiger partial charge in [0.2, 0.25) is 0 Å². The van der Waals surface area contributed by atoms with Crippen molar-refractivity contribution in [2.45, 2.75) is 6.92 Å². The molecule has 11 heavy (non-hydrogen) atoms. The minimum absolute atomic E-state index is 0.0116. The van der Waals surface area contributed by atoms with Crippen LogP contribution < -0.4 is 0 Å². The van der Waals surface area contributed by atoms with Gasteiger partial charge in [0.15, 0.2) is 11.3 Å². The first-order chi connectivity index (χ1) is 5.29. The number of allylic oxidation sites excluding steroid dienone is 2. The quantitative estimate of drug-likeness (QED) is 0.331. The van der Waals surface area contributed by atoms with Crippen molar-refractivity contribution < 1.29 is 4.74 Å². The van der Waals surface area contributed by atoms with Gasteiger partial charge in [0.05, 0.1) is 6.61 Å². The number of nitrogens with zero attached hydrogens (tertiary/aromatic N) is 2. The lowest BCUT2D eigenvalue weighted by Gasteiger charge is -1.98. The maximum atomic E-state index is 8.35. The van der Waals surface area contributed by atoms with Gasteiger partial charge in [-0.15, -0.1) is 6.42 Å². The normalized spacial score (nSPS) is 6.73. The van der Waals surface area contributed by atoms with Crippen LogP contribution in [0.15, 0.2) is 11.3 Å². The molecule has 0 aromatic rings. The van der Waals surface area contributed by atoms with Gasteiger partial charge >= 0.3 is 0 Å². The van der Waals surface area contributed by atoms with Crippen LogP contribution >= 0.6 is 0 Å². The Labute approximate surface area is 65.5 Å². The standard InChI is InChI=1S/C8H6N2O/c1-3-8(11-4-2)7(5-9)6-10/h1H,4H2,2H3. The van der Waals surface area contributed by atoms with Gasteiger partial charge in [0.1, 0.15) is 12.1 Å². The average Bonchev–Trinajstić information content (AvgIpc) is 2.05. The van der Waals surface area contributed by atoms with Crippen LogP contribution in [0.3, 0.4) is 0 Å². The Morgan fingerprint density at radius 2 is 2.00 bits per heavy atom. The maximum Gasteiger partial charge on any atom is 0.198 e. The average molecular weight is 146 g/mol. The molecule has 0 heterocycles. The van der Waals surface area contributed by atoms with Crippen molar-refractivity contribution in [2.75, 3.05) is 6.61 Å². The molecule has 0 atom stereocenters. The summed E-state index contributed by atoms with van der Waals surface area (Å²) in [7, 11) is 0. The predicted molar refractivity (Wildman–Crippen MR) is 38.7 cm³/mol. The summed E-state index contributed by atoms with van der Waals surface area (Å²) in [5.74, 6) is 2.13. The summed E-state index contributed by atoms with van der Waals surface area (Å²) in [6, 6.07) is 3.28.